The number of piperidine rings is 1. The molecule has 2 aliphatic heterocycles. The molecule has 2 saturated heterocycles. The first kappa shape index (κ1) is 15.5. The fraction of sp³-hybridized carbons (Fsp3) is 0.765. The van der Waals surface area contributed by atoms with Gasteiger partial charge in [-0.1, -0.05) is 6.92 Å². The van der Waals surface area contributed by atoms with Crippen molar-refractivity contribution < 1.29 is 9.53 Å². The van der Waals surface area contributed by atoms with E-state index in [0.29, 0.717) is 11.8 Å². The number of carbonyl (C=O) groups excluding carboxylic acids is 1. The summed E-state index contributed by atoms with van der Waals surface area (Å²) in [6.07, 6.45) is 9.07. The Morgan fingerprint density at radius 3 is 2.82 bits per heavy atom. The van der Waals surface area contributed by atoms with Crippen LogP contribution in [0.2, 0.25) is 0 Å². The Bertz CT molecular complexity index is 466. The summed E-state index contributed by atoms with van der Waals surface area (Å²) in [5.41, 5.74) is 0. The Kier molecular flexibility index (Phi) is 5.13. The molecule has 1 aromatic rings. The molecule has 0 bridgehead atoms. The zero-order valence-electron chi connectivity index (χ0n) is 13.5. The zero-order chi connectivity index (χ0) is 15.4. The first-order valence-electron chi connectivity index (χ1n) is 8.65. The van der Waals surface area contributed by atoms with Gasteiger partial charge in [0.15, 0.2) is 0 Å². The van der Waals surface area contributed by atoms with E-state index in [9.17, 15) is 4.79 Å². The highest BCUT2D eigenvalue weighted by Gasteiger charge is 2.35. The van der Waals surface area contributed by atoms with Gasteiger partial charge in [-0.2, -0.15) is 5.10 Å². The summed E-state index contributed by atoms with van der Waals surface area (Å²) in [6.45, 7) is 5.68. The van der Waals surface area contributed by atoms with Gasteiger partial charge in [-0.25, -0.2) is 0 Å². The molecule has 5 heteroatoms. The van der Waals surface area contributed by atoms with Gasteiger partial charge in [0.2, 0.25) is 5.91 Å². The molecular weight excluding hydrogens is 278 g/mol. The SMILES string of the molecule is CC[C@H]1OCCC[C@H]1C(=O)N1CCC(Cn2cccn2)CC1. The van der Waals surface area contributed by atoms with E-state index < -0.39 is 0 Å². The molecule has 2 atom stereocenters. The smallest absolute Gasteiger partial charge is 0.228 e. The number of hydrogen-bond donors (Lipinski definition) is 0. The topological polar surface area (TPSA) is 47.4 Å². The summed E-state index contributed by atoms with van der Waals surface area (Å²) < 4.78 is 7.79. The Balaban J connectivity index is 1.51. The fourth-order valence-electron chi connectivity index (χ4n) is 3.77. The zero-order valence-corrected chi connectivity index (χ0v) is 13.5. The van der Waals surface area contributed by atoms with Crippen molar-refractivity contribution in [2.24, 2.45) is 11.8 Å². The lowest BCUT2D eigenvalue weighted by atomic mass is 9.89. The molecule has 0 saturated carbocycles. The number of ether oxygens (including phenoxy) is 1. The van der Waals surface area contributed by atoms with Crippen molar-refractivity contribution in [1.82, 2.24) is 14.7 Å². The van der Waals surface area contributed by atoms with Gasteiger partial charge in [-0.05, 0) is 44.1 Å². The van der Waals surface area contributed by atoms with Crippen molar-refractivity contribution in [3.63, 3.8) is 0 Å². The van der Waals surface area contributed by atoms with Crippen LogP contribution in [0.3, 0.4) is 0 Å². The van der Waals surface area contributed by atoms with Crippen LogP contribution in [0.4, 0.5) is 0 Å². The second-order valence-corrected chi connectivity index (χ2v) is 6.56. The molecule has 0 spiro atoms. The summed E-state index contributed by atoms with van der Waals surface area (Å²) in [5.74, 6) is 1.04. The normalized spacial score (nSPS) is 27.0. The van der Waals surface area contributed by atoms with Crippen LogP contribution in [0, 0.1) is 11.8 Å². The molecular formula is C17H27N3O2. The van der Waals surface area contributed by atoms with Gasteiger partial charge in [0.05, 0.1) is 12.0 Å². The van der Waals surface area contributed by atoms with Gasteiger partial charge >= 0.3 is 0 Å². The predicted octanol–water partition coefficient (Wildman–Crippen LogP) is 2.33. The Labute approximate surface area is 132 Å². The minimum atomic E-state index is 0.0846. The standard InChI is InChI=1S/C17H27N3O2/c1-2-16-15(5-3-12-22-16)17(21)19-10-6-14(7-11-19)13-20-9-4-8-18-20/h4,8-9,14-16H,2-3,5-7,10-13H2,1H3/t15-,16-/m1/s1. The Morgan fingerprint density at radius 1 is 1.32 bits per heavy atom. The predicted molar refractivity (Wildman–Crippen MR) is 84.3 cm³/mol. The van der Waals surface area contributed by atoms with E-state index >= 15 is 0 Å². The molecule has 1 aromatic heterocycles. The first-order chi connectivity index (χ1) is 10.8. The van der Waals surface area contributed by atoms with Gasteiger partial charge < -0.3 is 9.64 Å². The van der Waals surface area contributed by atoms with Crippen LogP contribution in [-0.4, -0.2) is 46.4 Å². The van der Waals surface area contributed by atoms with Crippen molar-refractivity contribution in [1.29, 1.82) is 0 Å². The lowest BCUT2D eigenvalue weighted by Gasteiger charge is -2.37. The molecule has 0 aromatic carbocycles. The maximum absolute atomic E-state index is 12.8. The Morgan fingerprint density at radius 2 is 2.14 bits per heavy atom. The third-order valence-electron chi connectivity index (χ3n) is 5.09. The lowest BCUT2D eigenvalue weighted by molar-refractivity contribution is -0.146. The molecule has 3 heterocycles. The molecule has 2 fully saturated rings. The maximum Gasteiger partial charge on any atom is 0.228 e. The van der Waals surface area contributed by atoms with Crippen molar-refractivity contribution >= 4 is 5.91 Å². The van der Waals surface area contributed by atoms with Gasteiger partial charge in [-0.3, -0.25) is 9.48 Å². The highest BCUT2D eigenvalue weighted by Crippen LogP contribution is 2.27. The summed E-state index contributed by atoms with van der Waals surface area (Å²) >= 11 is 0. The van der Waals surface area contributed by atoms with Crippen LogP contribution in [0.1, 0.15) is 39.0 Å². The molecule has 22 heavy (non-hydrogen) atoms. The fourth-order valence-corrected chi connectivity index (χ4v) is 3.77. The monoisotopic (exact) mass is 305 g/mol. The maximum atomic E-state index is 12.8. The number of rotatable bonds is 4. The summed E-state index contributed by atoms with van der Waals surface area (Å²) in [4.78, 5) is 14.8. The van der Waals surface area contributed by atoms with Gasteiger partial charge in [0, 0.05) is 38.6 Å². The number of amides is 1. The van der Waals surface area contributed by atoms with Crippen LogP contribution in [0.15, 0.2) is 18.5 Å². The van der Waals surface area contributed by atoms with E-state index in [1.807, 2.05) is 23.1 Å². The van der Waals surface area contributed by atoms with E-state index in [0.717, 1.165) is 58.3 Å². The number of aromatic nitrogens is 2. The van der Waals surface area contributed by atoms with E-state index in [4.69, 9.17) is 4.74 Å². The minimum absolute atomic E-state index is 0.0846. The number of hydrogen-bond acceptors (Lipinski definition) is 3. The van der Waals surface area contributed by atoms with Crippen LogP contribution < -0.4 is 0 Å². The van der Waals surface area contributed by atoms with E-state index in [2.05, 4.69) is 16.9 Å². The summed E-state index contributed by atoms with van der Waals surface area (Å²) in [7, 11) is 0. The second kappa shape index (κ2) is 7.27. The van der Waals surface area contributed by atoms with Gasteiger partial charge in [0.25, 0.3) is 0 Å². The largest absolute Gasteiger partial charge is 0.377 e. The Hall–Kier alpha value is -1.36. The van der Waals surface area contributed by atoms with Crippen LogP contribution in [0.5, 0.6) is 0 Å². The number of carbonyl (C=O) groups is 1. The van der Waals surface area contributed by atoms with Gasteiger partial charge in [-0.15, -0.1) is 0 Å². The average molecular weight is 305 g/mol. The molecule has 0 N–H and O–H groups in total. The molecule has 1 amide bonds. The van der Waals surface area contributed by atoms with E-state index in [1.54, 1.807) is 0 Å². The molecule has 3 rings (SSSR count). The summed E-state index contributed by atoms with van der Waals surface area (Å²) in [6, 6.07) is 1.96. The van der Waals surface area contributed by atoms with Crippen LogP contribution >= 0.6 is 0 Å². The summed E-state index contributed by atoms with van der Waals surface area (Å²) in [5, 5.41) is 4.28. The van der Waals surface area contributed by atoms with Gasteiger partial charge in [0.1, 0.15) is 0 Å². The highest BCUT2D eigenvalue weighted by molar-refractivity contribution is 5.79. The molecule has 0 radical (unpaired) electrons. The van der Waals surface area contributed by atoms with Crippen molar-refractivity contribution in [3.05, 3.63) is 18.5 Å². The van der Waals surface area contributed by atoms with Crippen molar-refractivity contribution in [2.75, 3.05) is 19.7 Å². The van der Waals surface area contributed by atoms with Crippen LogP contribution in [-0.2, 0) is 16.1 Å². The van der Waals surface area contributed by atoms with E-state index in [1.165, 1.54) is 0 Å². The molecule has 0 aliphatic carbocycles. The highest BCUT2D eigenvalue weighted by atomic mass is 16.5. The van der Waals surface area contributed by atoms with E-state index in [-0.39, 0.29) is 12.0 Å². The number of nitrogens with zero attached hydrogens (tertiary/aromatic N) is 3. The third-order valence-corrected chi connectivity index (χ3v) is 5.09. The number of likely N-dealkylation sites (tertiary alicyclic amines) is 1. The quantitative estimate of drug-likeness (QED) is 0.858. The lowest BCUT2D eigenvalue weighted by Crippen LogP contribution is -2.47. The van der Waals surface area contributed by atoms with Crippen molar-refractivity contribution in [2.45, 2.75) is 51.7 Å². The molecule has 5 nitrogen and oxygen atoms in total. The van der Waals surface area contributed by atoms with Crippen LogP contribution in [0.25, 0.3) is 0 Å². The minimum Gasteiger partial charge on any atom is -0.377 e. The molecule has 2 aliphatic rings. The second-order valence-electron chi connectivity index (χ2n) is 6.56. The average Bonchev–Trinajstić information content (AvgIpc) is 3.08. The molecule has 0 unspecified atom stereocenters. The first-order valence-corrected chi connectivity index (χ1v) is 8.65. The molecule has 122 valence electrons. The van der Waals surface area contributed by atoms with Crippen molar-refractivity contribution in [3.8, 4) is 0 Å². The third kappa shape index (κ3) is 3.51.